The Morgan fingerprint density at radius 1 is 1.41 bits per heavy atom. The van der Waals surface area contributed by atoms with Gasteiger partial charge in [0.1, 0.15) is 12.6 Å². The Kier molecular flexibility index (Phi) is 4.12. The third-order valence-electron chi connectivity index (χ3n) is 2.19. The summed E-state index contributed by atoms with van der Waals surface area (Å²) >= 11 is 0. The zero-order valence-corrected chi connectivity index (χ0v) is 8.80. The maximum atomic E-state index is 11.6. The smallest absolute Gasteiger partial charge is 0.263 e. The van der Waals surface area contributed by atoms with Crippen LogP contribution in [0.3, 0.4) is 0 Å². The van der Waals surface area contributed by atoms with Crippen LogP contribution in [0.15, 0.2) is 0 Å². The number of carbonyl (C=O) groups excluding carboxylic acids is 4. The van der Waals surface area contributed by atoms with E-state index in [1.807, 2.05) is 0 Å². The van der Waals surface area contributed by atoms with E-state index in [0.717, 1.165) is 0 Å². The lowest BCUT2D eigenvalue weighted by Crippen LogP contribution is -2.45. The number of nitrogens with two attached hydrogens (primary N) is 1. The number of likely N-dealkylation sites (tertiary alicyclic amines) is 1. The normalized spacial score (nSPS) is 19.4. The molecule has 5 N–H and O–H groups in total. The molecular formula is C8H12N4O5. The SMILES string of the molecule is NCC(=O)N[C@H]1CC(=O)N(CC(=O)NO)C1=O. The van der Waals surface area contributed by atoms with Gasteiger partial charge < -0.3 is 11.1 Å². The monoisotopic (exact) mass is 244 g/mol. The van der Waals surface area contributed by atoms with Gasteiger partial charge in [0.2, 0.25) is 11.8 Å². The summed E-state index contributed by atoms with van der Waals surface area (Å²) in [4.78, 5) is 45.4. The predicted octanol–water partition coefficient (Wildman–Crippen LogP) is -3.31. The highest BCUT2D eigenvalue weighted by Gasteiger charge is 2.40. The van der Waals surface area contributed by atoms with Gasteiger partial charge in [-0.05, 0) is 0 Å². The summed E-state index contributed by atoms with van der Waals surface area (Å²) < 4.78 is 0. The topological polar surface area (TPSA) is 142 Å². The quantitative estimate of drug-likeness (QED) is 0.232. The predicted molar refractivity (Wildman–Crippen MR) is 52.3 cm³/mol. The molecule has 1 rings (SSSR count). The summed E-state index contributed by atoms with van der Waals surface area (Å²) in [6, 6.07) is -0.995. The molecule has 0 aromatic carbocycles. The van der Waals surface area contributed by atoms with Crippen LogP contribution in [0.5, 0.6) is 0 Å². The van der Waals surface area contributed by atoms with E-state index in [9.17, 15) is 19.2 Å². The van der Waals surface area contributed by atoms with E-state index in [2.05, 4.69) is 5.32 Å². The van der Waals surface area contributed by atoms with Crippen molar-refractivity contribution >= 4 is 23.6 Å². The molecule has 4 amide bonds. The lowest BCUT2D eigenvalue weighted by atomic mass is 10.2. The van der Waals surface area contributed by atoms with Gasteiger partial charge >= 0.3 is 0 Å². The van der Waals surface area contributed by atoms with Gasteiger partial charge in [0, 0.05) is 0 Å². The molecule has 1 fully saturated rings. The van der Waals surface area contributed by atoms with Crippen molar-refractivity contribution in [2.45, 2.75) is 12.5 Å². The lowest BCUT2D eigenvalue weighted by molar-refractivity contribution is -0.145. The van der Waals surface area contributed by atoms with Crippen LogP contribution < -0.4 is 16.5 Å². The number of imide groups is 1. The van der Waals surface area contributed by atoms with E-state index in [1.165, 1.54) is 5.48 Å². The van der Waals surface area contributed by atoms with Crippen LogP contribution in [-0.4, -0.2) is 52.9 Å². The van der Waals surface area contributed by atoms with Gasteiger partial charge in [-0.15, -0.1) is 0 Å². The molecule has 1 aliphatic heterocycles. The molecule has 0 bridgehead atoms. The second kappa shape index (κ2) is 5.37. The van der Waals surface area contributed by atoms with Gasteiger partial charge in [-0.25, -0.2) is 5.48 Å². The van der Waals surface area contributed by atoms with Gasteiger partial charge in [0.15, 0.2) is 0 Å². The lowest BCUT2D eigenvalue weighted by Gasteiger charge is -2.13. The van der Waals surface area contributed by atoms with E-state index in [-0.39, 0.29) is 13.0 Å². The van der Waals surface area contributed by atoms with Crippen molar-refractivity contribution < 1.29 is 24.4 Å². The van der Waals surface area contributed by atoms with Crippen molar-refractivity contribution in [1.82, 2.24) is 15.7 Å². The second-order valence-corrected chi connectivity index (χ2v) is 3.38. The number of hydrogen-bond acceptors (Lipinski definition) is 6. The summed E-state index contributed by atoms with van der Waals surface area (Å²) in [5.41, 5.74) is 6.36. The Labute approximate surface area is 95.9 Å². The fourth-order valence-corrected chi connectivity index (χ4v) is 1.39. The van der Waals surface area contributed by atoms with Crippen LogP contribution in [-0.2, 0) is 19.2 Å². The Morgan fingerprint density at radius 3 is 2.59 bits per heavy atom. The van der Waals surface area contributed by atoms with Gasteiger partial charge in [-0.1, -0.05) is 0 Å². The highest BCUT2D eigenvalue weighted by atomic mass is 16.5. The van der Waals surface area contributed by atoms with Gasteiger partial charge in [-0.3, -0.25) is 29.3 Å². The maximum Gasteiger partial charge on any atom is 0.263 e. The third kappa shape index (κ3) is 2.98. The zero-order valence-electron chi connectivity index (χ0n) is 8.80. The first-order valence-corrected chi connectivity index (χ1v) is 4.76. The second-order valence-electron chi connectivity index (χ2n) is 3.38. The largest absolute Gasteiger partial charge is 0.343 e. The highest BCUT2D eigenvalue weighted by Crippen LogP contribution is 2.12. The molecule has 1 atom stereocenters. The number of nitrogens with zero attached hydrogens (tertiary/aromatic N) is 1. The van der Waals surface area contributed by atoms with E-state index >= 15 is 0 Å². The summed E-state index contributed by atoms with van der Waals surface area (Å²) in [6.45, 7) is -0.877. The number of carbonyl (C=O) groups is 4. The minimum Gasteiger partial charge on any atom is -0.343 e. The first-order valence-electron chi connectivity index (χ1n) is 4.76. The molecule has 0 saturated carbocycles. The first kappa shape index (κ1) is 13.1. The first-order chi connectivity index (χ1) is 7.99. The molecule has 9 nitrogen and oxygen atoms in total. The summed E-state index contributed by atoms with van der Waals surface area (Å²) in [5, 5.41) is 10.5. The van der Waals surface area contributed by atoms with Crippen molar-refractivity contribution in [3.05, 3.63) is 0 Å². The number of hydroxylamine groups is 1. The third-order valence-corrected chi connectivity index (χ3v) is 2.19. The molecular weight excluding hydrogens is 232 g/mol. The fraction of sp³-hybridized carbons (Fsp3) is 0.500. The Hall–Kier alpha value is -2.00. The number of amides is 4. The van der Waals surface area contributed by atoms with Gasteiger partial charge in [0.25, 0.3) is 11.8 Å². The van der Waals surface area contributed by atoms with Crippen molar-refractivity contribution in [2.75, 3.05) is 13.1 Å². The van der Waals surface area contributed by atoms with Crippen molar-refractivity contribution in [1.29, 1.82) is 0 Å². The number of rotatable bonds is 4. The van der Waals surface area contributed by atoms with E-state index in [4.69, 9.17) is 10.9 Å². The standard InChI is InChI=1S/C8H12N4O5/c9-2-5(13)10-4-1-7(15)12(8(4)16)3-6(14)11-17/h4,17H,1-3,9H2,(H,10,13)(H,11,14)/t4-/m0/s1. The Bertz CT molecular complexity index is 369. The molecule has 0 spiro atoms. The molecule has 17 heavy (non-hydrogen) atoms. The molecule has 9 heteroatoms. The van der Waals surface area contributed by atoms with Crippen molar-refractivity contribution in [2.24, 2.45) is 5.73 Å². The van der Waals surface area contributed by atoms with Crippen LogP contribution in [0.1, 0.15) is 6.42 Å². The van der Waals surface area contributed by atoms with E-state index in [0.29, 0.717) is 4.90 Å². The minimum absolute atomic E-state index is 0.219. The van der Waals surface area contributed by atoms with Crippen molar-refractivity contribution in [3.63, 3.8) is 0 Å². The molecule has 94 valence electrons. The van der Waals surface area contributed by atoms with Gasteiger partial charge in [-0.2, -0.15) is 0 Å². The van der Waals surface area contributed by atoms with Crippen LogP contribution in [0.4, 0.5) is 0 Å². The van der Waals surface area contributed by atoms with Gasteiger partial charge in [0.05, 0.1) is 13.0 Å². The van der Waals surface area contributed by atoms with Crippen LogP contribution in [0.2, 0.25) is 0 Å². The molecule has 1 heterocycles. The average Bonchev–Trinajstić information content (AvgIpc) is 2.56. The summed E-state index contributed by atoms with van der Waals surface area (Å²) in [7, 11) is 0. The molecule has 0 aliphatic carbocycles. The average molecular weight is 244 g/mol. The molecule has 0 aromatic heterocycles. The van der Waals surface area contributed by atoms with Crippen LogP contribution in [0, 0.1) is 0 Å². The molecule has 1 saturated heterocycles. The number of nitrogens with one attached hydrogen (secondary N) is 2. The summed E-state index contributed by atoms with van der Waals surface area (Å²) in [6.07, 6.45) is -0.219. The summed E-state index contributed by atoms with van der Waals surface area (Å²) in [5.74, 6) is -2.75. The fourth-order valence-electron chi connectivity index (χ4n) is 1.39. The molecule has 0 unspecified atom stereocenters. The molecule has 0 radical (unpaired) electrons. The molecule has 1 aliphatic rings. The van der Waals surface area contributed by atoms with Crippen molar-refractivity contribution in [3.8, 4) is 0 Å². The number of hydrogen-bond donors (Lipinski definition) is 4. The van der Waals surface area contributed by atoms with Crippen LogP contribution in [0.25, 0.3) is 0 Å². The highest BCUT2D eigenvalue weighted by molar-refractivity contribution is 6.08. The minimum atomic E-state index is -0.995. The Morgan fingerprint density at radius 2 is 2.06 bits per heavy atom. The van der Waals surface area contributed by atoms with E-state index in [1.54, 1.807) is 0 Å². The molecule has 0 aromatic rings. The van der Waals surface area contributed by atoms with E-state index < -0.39 is 36.2 Å². The Balaban J connectivity index is 2.65. The zero-order chi connectivity index (χ0) is 13.0. The maximum absolute atomic E-state index is 11.6. The van der Waals surface area contributed by atoms with Crippen LogP contribution >= 0.6 is 0 Å².